The normalized spacial score (nSPS) is 26.5. The Kier molecular flexibility index (Phi) is 4.16. The molecule has 0 saturated carbocycles. The molecule has 3 nitrogen and oxygen atoms in total. The molecule has 2 N–H and O–H groups in total. The zero-order valence-corrected chi connectivity index (χ0v) is 8.68. The molecule has 1 aliphatic rings. The van der Waals surface area contributed by atoms with Crippen molar-refractivity contribution in [1.29, 1.82) is 0 Å². The molecule has 3 heteroatoms. The maximum Gasteiger partial charge on any atom is 0.119 e. The highest BCUT2D eigenvalue weighted by atomic mass is 16.5. The maximum absolute atomic E-state index is 8.99. The van der Waals surface area contributed by atoms with Crippen LogP contribution in [0.5, 0.6) is 0 Å². The van der Waals surface area contributed by atoms with Gasteiger partial charge < -0.3 is 9.84 Å². The van der Waals surface area contributed by atoms with E-state index in [2.05, 4.69) is 19.2 Å². The Morgan fingerprint density at radius 3 is 2.38 bits per heavy atom. The monoisotopic (exact) mass is 187 g/mol. The van der Waals surface area contributed by atoms with Crippen LogP contribution >= 0.6 is 0 Å². The number of rotatable bonds is 5. The second-order valence-corrected chi connectivity index (χ2v) is 3.83. The van der Waals surface area contributed by atoms with Gasteiger partial charge in [0.15, 0.2) is 0 Å². The van der Waals surface area contributed by atoms with E-state index in [1.54, 1.807) is 0 Å². The Morgan fingerprint density at radius 2 is 2.00 bits per heavy atom. The van der Waals surface area contributed by atoms with E-state index in [1.807, 2.05) is 0 Å². The van der Waals surface area contributed by atoms with E-state index in [0.29, 0.717) is 6.61 Å². The number of hydrogen-bond donors (Lipinski definition) is 2. The average Bonchev–Trinajstić information content (AvgIpc) is 2.50. The van der Waals surface area contributed by atoms with Crippen molar-refractivity contribution in [3.63, 3.8) is 0 Å². The van der Waals surface area contributed by atoms with Gasteiger partial charge in [-0.1, -0.05) is 26.7 Å². The molecule has 0 bridgehead atoms. The summed E-state index contributed by atoms with van der Waals surface area (Å²) in [6.45, 7) is 5.15. The molecule has 1 atom stereocenters. The van der Waals surface area contributed by atoms with Crippen LogP contribution in [-0.4, -0.2) is 30.1 Å². The molecule has 1 fully saturated rings. The molecule has 0 radical (unpaired) electrons. The second kappa shape index (κ2) is 4.94. The molecule has 0 aliphatic carbocycles. The fourth-order valence-electron chi connectivity index (χ4n) is 2.04. The third-order valence-corrected chi connectivity index (χ3v) is 2.56. The van der Waals surface area contributed by atoms with Crippen LogP contribution in [0.15, 0.2) is 0 Å². The van der Waals surface area contributed by atoms with Gasteiger partial charge in [0, 0.05) is 0 Å². The molecule has 0 aromatic carbocycles. The standard InChI is InChI=1S/C10H21NO2/c1-3-5-10(6-4-2)11-9(7-12)8-13-10/h9,11-12H,3-8H2,1-2H3. The van der Waals surface area contributed by atoms with Gasteiger partial charge in [-0.15, -0.1) is 0 Å². The number of aliphatic hydroxyl groups is 1. The highest BCUT2D eigenvalue weighted by Gasteiger charge is 2.37. The maximum atomic E-state index is 8.99. The van der Waals surface area contributed by atoms with E-state index in [-0.39, 0.29) is 18.4 Å². The lowest BCUT2D eigenvalue weighted by Crippen LogP contribution is -2.45. The van der Waals surface area contributed by atoms with Gasteiger partial charge >= 0.3 is 0 Å². The van der Waals surface area contributed by atoms with Crippen LogP contribution in [0.3, 0.4) is 0 Å². The molecule has 78 valence electrons. The molecular formula is C10H21NO2. The summed E-state index contributed by atoms with van der Waals surface area (Å²) in [6, 6.07) is 0.137. The summed E-state index contributed by atoms with van der Waals surface area (Å²) >= 11 is 0. The summed E-state index contributed by atoms with van der Waals surface area (Å²) in [4.78, 5) is 0. The van der Waals surface area contributed by atoms with E-state index < -0.39 is 0 Å². The van der Waals surface area contributed by atoms with Gasteiger partial charge in [0.05, 0.1) is 19.3 Å². The van der Waals surface area contributed by atoms with Crippen LogP contribution < -0.4 is 5.32 Å². The first-order chi connectivity index (χ1) is 6.26. The lowest BCUT2D eigenvalue weighted by atomic mass is 10.0. The van der Waals surface area contributed by atoms with E-state index in [9.17, 15) is 0 Å². The van der Waals surface area contributed by atoms with Gasteiger partial charge in [-0.25, -0.2) is 0 Å². The van der Waals surface area contributed by atoms with Gasteiger partial charge in [0.25, 0.3) is 0 Å². The van der Waals surface area contributed by atoms with Gasteiger partial charge in [0.2, 0.25) is 0 Å². The Hall–Kier alpha value is -0.120. The van der Waals surface area contributed by atoms with Crippen LogP contribution in [0.25, 0.3) is 0 Å². The van der Waals surface area contributed by atoms with Crippen molar-refractivity contribution in [2.24, 2.45) is 0 Å². The minimum Gasteiger partial charge on any atom is -0.395 e. The van der Waals surface area contributed by atoms with Gasteiger partial charge in [-0.3, -0.25) is 5.32 Å². The van der Waals surface area contributed by atoms with Crippen LogP contribution in [-0.2, 0) is 4.74 Å². The molecule has 1 saturated heterocycles. The van der Waals surface area contributed by atoms with Crippen molar-refractivity contribution in [3.8, 4) is 0 Å². The SMILES string of the molecule is CCCC1(CCC)NC(CO)CO1. The third kappa shape index (κ3) is 2.66. The van der Waals surface area contributed by atoms with Crippen LogP contribution in [0.2, 0.25) is 0 Å². The molecule has 1 unspecified atom stereocenters. The molecule has 0 spiro atoms. The van der Waals surface area contributed by atoms with Crippen molar-refractivity contribution < 1.29 is 9.84 Å². The van der Waals surface area contributed by atoms with Crippen molar-refractivity contribution in [2.75, 3.05) is 13.2 Å². The van der Waals surface area contributed by atoms with Crippen LogP contribution in [0.4, 0.5) is 0 Å². The van der Waals surface area contributed by atoms with Gasteiger partial charge in [-0.05, 0) is 12.8 Å². The van der Waals surface area contributed by atoms with Gasteiger partial charge in [0.1, 0.15) is 5.72 Å². The Bertz CT molecular complexity index is 144. The van der Waals surface area contributed by atoms with Crippen molar-refractivity contribution in [1.82, 2.24) is 5.32 Å². The molecule has 0 aromatic rings. The summed E-state index contributed by atoms with van der Waals surface area (Å²) in [5.74, 6) is 0. The largest absolute Gasteiger partial charge is 0.395 e. The summed E-state index contributed by atoms with van der Waals surface area (Å²) in [7, 11) is 0. The third-order valence-electron chi connectivity index (χ3n) is 2.56. The fraction of sp³-hybridized carbons (Fsp3) is 1.00. The molecule has 13 heavy (non-hydrogen) atoms. The zero-order valence-electron chi connectivity index (χ0n) is 8.68. The summed E-state index contributed by atoms with van der Waals surface area (Å²) in [5, 5.41) is 12.4. The Morgan fingerprint density at radius 1 is 1.38 bits per heavy atom. The topological polar surface area (TPSA) is 41.5 Å². The van der Waals surface area contributed by atoms with E-state index in [4.69, 9.17) is 9.84 Å². The zero-order chi connectivity index (χ0) is 9.73. The fourth-order valence-corrected chi connectivity index (χ4v) is 2.04. The highest BCUT2D eigenvalue weighted by Crippen LogP contribution is 2.26. The molecule has 0 amide bonds. The Labute approximate surface area is 80.5 Å². The number of hydrogen-bond acceptors (Lipinski definition) is 3. The molecule has 1 rings (SSSR count). The van der Waals surface area contributed by atoms with Gasteiger partial charge in [-0.2, -0.15) is 0 Å². The van der Waals surface area contributed by atoms with E-state index in [1.165, 1.54) is 0 Å². The predicted octanol–water partition coefficient (Wildman–Crippen LogP) is 1.26. The lowest BCUT2D eigenvalue weighted by molar-refractivity contribution is -0.0249. The predicted molar refractivity (Wildman–Crippen MR) is 52.5 cm³/mol. The first kappa shape index (κ1) is 11.0. The minimum atomic E-state index is -0.142. The highest BCUT2D eigenvalue weighted by molar-refractivity contribution is 4.87. The first-order valence-corrected chi connectivity index (χ1v) is 5.29. The number of nitrogens with one attached hydrogen (secondary N) is 1. The molecule has 0 aromatic heterocycles. The second-order valence-electron chi connectivity index (χ2n) is 3.83. The van der Waals surface area contributed by atoms with Crippen molar-refractivity contribution in [3.05, 3.63) is 0 Å². The number of aliphatic hydroxyl groups excluding tert-OH is 1. The summed E-state index contributed by atoms with van der Waals surface area (Å²) in [6.07, 6.45) is 4.31. The number of ether oxygens (including phenoxy) is 1. The quantitative estimate of drug-likeness (QED) is 0.681. The van der Waals surface area contributed by atoms with Crippen LogP contribution in [0.1, 0.15) is 39.5 Å². The molecular weight excluding hydrogens is 166 g/mol. The van der Waals surface area contributed by atoms with Crippen molar-refractivity contribution >= 4 is 0 Å². The van der Waals surface area contributed by atoms with Crippen LogP contribution in [0, 0.1) is 0 Å². The van der Waals surface area contributed by atoms with E-state index >= 15 is 0 Å². The van der Waals surface area contributed by atoms with E-state index in [0.717, 1.165) is 25.7 Å². The Balaban J connectivity index is 2.49. The lowest BCUT2D eigenvalue weighted by Gasteiger charge is -2.28. The summed E-state index contributed by atoms with van der Waals surface area (Å²) in [5.41, 5.74) is -0.142. The average molecular weight is 187 g/mol. The smallest absolute Gasteiger partial charge is 0.119 e. The first-order valence-electron chi connectivity index (χ1n) is 5.29. The molecule has 1 heterocycles. The molecule has 1 aliphatic heterocycles. The van der Waals surface area contributed by atoms with Crippen molar-refractivity contribution in [2.45, 2.75) is 51.3 Å². The minimum absolute atomic E-state index is 0.137. The summed E-state index contributed by atoms with van der Waals surface area (Å²) < 4.78 is 5.75.